The van der Waals surface area contributed by atoms with Crippen LogP contribution in [-0.4, -0.2) is 40.4 Å². The third-order valence-electron chi connectivity index (χ3n) is 4.90. The van der Waals surface area contributed by atoms with Crippen molar-refractivity contribution in [3.05, 3.63) is 53.6 Å². The van der Waals surface area contributed by atoms with Crippen molar-refractivity contribution < 1.29 is 13.2 Å². The second kappa shape index (κ2) is 8.04. The zero-order valence-electron chi connectivity index (χ0n) is 16.9. The lowest BCUT2D eigenvalue weighted by molar-refractivity contribution is -0.114. The molecule has 158 valence electrons. The summed E-state index contributed by atoms with van der Waals surface area (Å²) in [6, 6.07) is 5.86. The zero-order chi connectivity index (χ0) is 21.3. The van der Waals surface area contributed by atoms with E-state index < -0.39 is 16.1 Å². The Bertz CT molecular complexity index is 1220. The summed E-state index contributed by atoms with van der Waals surface area (Å²) in [6.45, 7) is 3.98. The summed E-state index contributed by atoms with van der Waals surface area (Å²) in [5.74, 6) is -0.370. The average molecular weight is 429 g/mol. The quantitative estimate of drug-likeness (QED) is 0.534. The Kier molecular flexibility index (Phi) is 5.44. The van der Waals surface area contributed by atoms with Gasteiger partial charge in [-0.3, -0.25) is 4.79 Å². The number of pyridine rings is 1. The van der Waals surface area contributed by atoms with Gasteiger partial charge in [0.05, 0.1) is 11.4 Å². The summed E-state index contributed by atoms with van der Waals surface area (Å²) in [7, 11) is -3.86. The second-order valence-corrected chi connectivity index (χ2v) is 8.82. The van der Waals surface area contributed by atoms with Gasteiger partial charge >= 0.3 is 10.2 Å². The molecule has 0 saturated heterocycles. The molecule has 30 heavy (non-hydrogen) atoms. The number of aromatic nitrogens is 4. The molecule has 0 atom stereocenters. The Morgan fingerprint density at radius 1 is 1.33 bits per heavy atom. The number of rotatable bonds is 8. The molecule has 4 rings (SSSR count). The van der Waals surface area contributed by atoms with Crippen molar-refractivity contribution >= 4 is 33.2 Å². The molecule has 0 unspecified atom stereocenters. The summed E-state index contributed by atoms with van der Waals surface area (Å²) < 4.78 is 29.9. The van der Waals surface area contributed by atoms with Crippen molar-refractivity contribution in [2.45, 2.75) is 39.0 Å². The van der Waals surface area contributed by atoms with E-state index in [0.29, 0.717) is 12.3 Å². The molecular formula is C20H24N6O3S. The molecule has 1 aliphatic rings. The number of amides is 1. The molecule has 0 bridgehead atoms. The van der Waals surface area contributed by atoms with Crippen molar-refractivity contribution in [3.8, 4) is 0 Å². The first-order chi connectivity index (χ1) is 14.4. The fraction of sp³-hybridized carbons (Fsp3) is 0.350. The van der Waals surface area contributed by atoms with Gasteiger partial charge in [-0.15, -0.1) is 0 Å². The maximum atomic E-state index is 12.2. The van der Waals surface area contributed by atoms with Gasteiger partial charge in [0, 0.05) is 41.9 Å². The van der Waals surface area contributed by atoms with Gasteiger partial charge < -0.3 is 0 Å². The van der Waals surface area contributed by atoms with E-state index in [9.17, 15) is 13.2 Å². The summed E-state index contributed by atoms with van der Waals surface area (Å²) in [5, 5.41) is 5.69. The van der Waals surface area contributed by atoms with E-state index in [4.69, 9.17) is 0 Å². The number of aryl methyl sites for hydroxylation is 1. The van der Waals surface area contributed by atoms with E-state index in [1.807, 2.05) is 52.4 Å². The van der Waals surface area contributed by atoms with Crippen LogP contribution in [0.2, 0.25) is 0 Å². The SMILES string of the molecule is CCCNS(=O)(=O)NC(=O)C=Cc1c(C)nn(-n2ccc3cccnc32)c1C1CC1. The summed E-state index contributed by atoms with van der Waals surface area (Å²) in [4.78, 5) is 18.4. The molecule has 3 aromatic rings. The third-order valence-corrected chi connectivity index (χ3v) is 5.96. The first-order valence-electron chi connectivity index (χ1n) is 9.91. The van der Waals surface area contributed by atoms with Crippen LogP contribution in [0.4, 0.5) is 0 Å². The number of carbonyl (C=O) groups excluding carboxylic acids is 1. The normalized spacial score (nSPS) is 14.6. The predicted molar refractivity (Wildman–Crippen MR) is 114 cm³/mol. The van der Waals surface area contributed by atoms with Crippen molar-refractivity contribution in [2.24, 2.45) is 0 Å². The van der Waals surface area contributed by atoms with Crippen molar-refractivity contribution in [2.75, 3.05) is 6.54 Å². The first-order valence-corrected chi connectivity index (χ1v) is 11.4. The number of hydrogen-bond acceptors (Lipinski definition) is 5. The first kappa shape index (κ1) is 20.3. The van der Waals surface area contributed by atoms with Gasteiger partial charge in [-0.1, -0.05) is 6.92 Å². The Hall–Kier alpha value is -2.98. The van der Waals surface area contributed by atoms with Gasteiger partial charge in [0.1, 0.15) is 0 Å². The highest BCUT2D eigenvalue weighted by Gasteiger charge is 2.32. The Morgan fingerprint density at radius 2 is 2.13 bits per heavy atom. The van der Waals surface area contributed by atoms with E-state index in [-0.39, 0.29) is 6.54 Å². The van der Waals surface area contributed by atoms with Crippen LogP contribution in [0.15, 0.2) is 36.7 Å². The molecule has 3 aromatic heterocycles. The van der Waals surface area contributed by atoms with Crippen LogP contribution >= 0.6 is 0 Å². The van der Waals surface area contributed by atoms with Crippen molar-refractivity contribution in [3.63, 3.8) is 0 Å². The number of carbonyl (C=O) groups is 1. The predicted octanol–water partition coefficient (Wildman–Crippen LogP) is 2.10. The summed E-state index contributed by atoms with van der Waals surface area (Å²) >= 11 is 0. The number of hydrogen-bond donors (Lipinski definition) is 2. The molecule has 1 amide bonds. The molecule has 0 aliphatic heterocycles. The molecule has 0 spiro atoms. The summed E-state index contributed by atoms with van der Waals surface area (Å²) in [5.41, 5.74) is 3.37. The molecule has 3 heterocycles. The maximum absolute atomic E-state index is 12.2. The number of nitrogens with one attached hydrogen (secondary N) is 2. The van der Waals surface area contributed by atoms with Crippen LogP contribution in [0, 0.1) is 6.92 Å². The average Bonchev–Trinajstić information content (AvgIpc) is 3.37. The van der Waals surface area contributed by atoms with Gasteiger partial charge in [-0.25, -0.2) is 14.4 Å². The molecular weight excluding hydrogens is 404 g/mol. The molecule has 0 radical (unpaired) electrons. The lowest BCUT2D eigenvalue weighted by Gasteiger charge is -2.09. The lowest BCUT2D eigenvalue weighted by Crippen LogP contribution is -2.39. The number of fused-ring (bicyclic) bond motifs is 1. The molecule has 9 nitrogen and oxygen atoms in total. The molecule has 2 N–H and O–H groups in total. The number of nitrogens with zero attached hydrogens (tertiary/aromatic N) is 4. The molecule has 1 aliphatic carbocycles. The van der Waals surface area contributed by atoms with Crippen LogP contribution in [0.3, 0.4) is 0 Å². The standard InChI is InChI=1S/C20H24N6O3S/c1-3-11-22-30(28,29)24-18(27)9-8-17-14(2)23-26(19(17)15-6-7-15)25-13-10-16-5-4-12-21-20(16)25/h4-5,8-10,12-13,15,22H,3,6-7,11H2,1-2H3,(H,24,27). The minimum Gasteiger partial charge on any atom is -0.269 e. The Labute approximate surface area is 174 Å². The van der Waals surface area contributed by atoms with Gasteiger partial charge in [0.25, 0.3) is 5.91 Å². The van der Waals surface area contributed by atoms with Gasteiger partial charge in [0.2, 0.25) is 0 Å². The highest BCUT2D eigenvalue weighted by Crippen LogP contribution is 2.43. The van der Waals surface area contributed by atoms with Crippen LogP contribution in [0.5, 0.6) is 0 Å². The second-order valence-electron chi connectivity index (χ2n) is 7.32. The van der Waals surface area contributed by atoms with Crippen molar-refractivity contribution in [1.29, 1.82) is 0 Å². The van der Waals surface area contributed by atoms with Gasteiger partial charge in [-0.05, 0) is 50.5 Å². The van der Waals surface area contributed by atoms with Gasteiger partial charge in [-0.2, -0.15) is 23.0 Å². The fourth-order valence-electron chi connectivity index (χ4n) is 3.36. The minimum absolute atomic E-state index is 0.267. The van der Waals surface area contributed by atoms with Crippen LogP contribution < -0.4 is 9.44 Å². The Morgan fingerprint density at radius 3 is 2.87 bits per heavy atom. The van der Waals surface area contributed by atoms with E-state index in [0.717, 1.165) is 40.8 Å². The topological polar surface area (TPSA) is 111 Å². The molecule has 10 heteroatoms. The maximum Gasteiger partial charge on any atom is 0.301 e. The van der Waals surface area contributed by atoms with E-state index in [1.165, 1.54) is 6.08 Å². The minimum atomic E-state index is -3.86. The van der Waals surface area contributed by atoms with Crippen molar-refractivity contribution in [1.82, 2.24) is 29.0 Å². The van der Waals surface area contributed by atoms with Crippen LogP contribution in [-0.2, 0) is 15.0 Å². The zero-order valence-corrected chi connectivity index (χ0v) is 17.7. The summed E-state index contributed by atoms with van der Waals surface area (Å²) in [6.07, 6.45) is 9.25. The molecule has 1 saturated carbocycles. The highest BCUT2D eigenvalue weighted by atomic mass is 32.2. The van der Waals surface area contributed by atoms with Crippen LogP contribution in [0.25, 0.3) is 17.1 Å². The van der Waals surface area contributed by atoms with E-state index >= 15 is 0 Å². The molecule has 0 aromatic carbocycles. The largest absolute Gasteiger partial charge is 0.301 e. The lowest BCUT2D eigenvalue weighted by atomic mass is 10.1. The monoisotopic (exact) mass is 428 g/mol. The molecule has 1 fully saturated rings. The highest BCUT2D eigenvalue weighted by molar-refractivity contribution is 7.88. The fourth-order valence-corrected chi connectivity index (χ4v) is 4.23. The van der Waals surface area contributed by atoms with E-state index in [2.05, 4.69) is 14.8 Å². The van der Waals surface area contributed by atoms with Gasteiger partial charge in [0.15, 0.2) is 5.65 Å². The Balaban J connectivity index is 1.65. The third kappa shape index (κ3) is 4.14. The van der Waals surface area contributed by atoms with Crippen LogP contribution in [0.1, 0.15) is 49.1 Å². The smallest absolute Gasteiger partial charge is 0.269 e. The van der Waals surface area contributed by atoms with E-state index in [1.54, 1.807) is 12.3 Å².